The van der Waals surface area contributed by atoms with Gasteiger partial charge in [-0.05, 0) is 37.1 Å². The third-order valence-corrected chi connectivity index (χ3v) is 3.11. The van der Waals surface area contributed by atoms with Crippen molar-refractivity contribution in [1.82, 2.24) is 5.32 Å². The van der Waals surface area contributed by atoms with E-state index in [0.717, 1.165) is 12.1 Å². The minimum Gasteiger partial charge on any atom is -0.495 e. The van der Waals surface area contributed by atoms with Crippen molar-refractivity contribution >= 4 is 11.6 Å². The van der Waals surface area contributed by atoms with Crippen LogP contribution in [-0.4, -0.2) is 25.3 Å². The molecule has 1 atom stereocenters. The normalized spacial score (nSPS) is 14.6. The molecule has 0 radical (unpaired) electrons. The van der Waals surface area contributed by atoms with Crippen molar-refractivity contribution in [3.63, 3.8) is 0 Å². The Morgan fingerprint density at radius 2 is 2.11 bits per heavy atom. The molecular formula is C14H22ClNO2. The van der Waals surface area contributed by atoms with E-state index in [-0.39, 0.29) is 0 Å². The lowest BCUT2D eigenvalue weighted by Crippen LogP contribution is -2.37. The van der Waals surface area contributed by atoms with Crippen LogP contribution in [0.15, 0.2) is 18.2 Å². The van der Waals surface area contributed by atoms with E-state index >= 15 is 0 Å². The third-order valence-electron chi connectivity index (χ3n) is 2.79. The molecule has 0 spiro atoms. The van der Waals surface area contributed by atoms with Gasteiger partial charge < -0.3 is 15.2 Å². The molecule has 2 N–H and O–H groups in total. The fraction of sp³-hybridized carbons (Fsp3) is 0.571. The molecule has 3 nitrogen and oxygen atoms in total. The van der Waals surface area contributed by atoms with Crippen LogP contribution in [0.4, 0.5) is 0 Å². The number of aliphatic hydroxyl groups is 1. The summed E-state index contributed by atoms with van der Waals surface area (Å²) in [6.07, 6.45) is 0. The fourth-order valence-corrected chi connectivity index (χ4v) is 1.90. The number of nitrogens with one attached hydrogen (secondary N) is 1. The van der Waals surface area contributed by atoms with Gasteiger partial charge in [-0.1, -0.05) is 31.5 Å². The standard InChI is InChI=1S/C14H22ClNO2/c1-10(2)8-16-9-14(3,17)11-5-6-12(15)13(7-11)18-4/h5-7,10,16-17H,8-9H2,1-4H3. The maximum Gasteiger partial charge on any atom is 0.137 e. The van der Waals surface area contributed by atoms with Gasteiger partial charge in [-0.15, -0.1) is 0 Å². The van der Waals surface area contributed by atoms with E-state index < -0.39 is 5.60 Å². The summed E-state index contributed by atoms with van der Waals surface area (Å²) in [6.45, 7) is 7.42. The first kappa shape index (κ1) is 15.3. The van der Waals surface area contributed by atoms with Gasteiger partial charge in [0.05, 0.1) is 17.7 Å². The van der Waals surface area contributed by atoms with Gasteiger partial charge in [-0.3, -0.25) is 0 Å². The van der Waals surface area contributed by atoms with Gasteiger partial charge in [0.15, 0.2) is 0 Å². The molecule has 0 aliphatic heterocycles. The van der Waals surface area contributed by atoms with Crippen LogP contribution in [-0.2, 0) is 5.60 Å². The summed E-state index contributed by atoms with van der Waals surface area (Å²) >= 11 is 5.97. The van der Waals surface area contributed by atoms with Crippen molar-refractivity contribution < 1.29 is 9.84 Å². The van der Waals surface area contributed by atoms with Crippen molar-refractivity contribution in [3.8, 4) is 5.75 Å². The Morgan fingerprint density at radius 1 is 1.44 bits per heavy atom. The molecule has 0 aliphatic rings. The predicted octanol–water partition coefficient (Wildman–Crippen LogP) is 2.80. The smallest absolute Gasteiger partial charge is 0.137 e. The summed E-state index contributed by atoms with van der Waals surface area (Å²) in [5, 5.41) is 14.2. The minimum atomic E-state index is -0.938. The van der Waals surface area contributed by atoms with Crippen LogP contribution in [0, 0.1) is 5.92 Å². The largest absolute Gasteiger partial charge is 0.495 e. The van der Waals surface area contributed by atoms with Crippen molar-refractivity contribution in [2.45, 2.75) is 26.4 Å². The Labute approximate surface area is 114 Å². The van der Waals surface area contributed by atoms with E-state index in [1.165, 1.54) is 0 Å². The summed E-state index contributed by atoms with van der Waals surface area (Å²) in [5.74, 6) is 1.14. The Bertz CT molecular complexity index is 391. The van der Waals surface area contributed by atoms with Gasteiger partial charge in [-0.25, -0.2) is 0 Å². The molecule has 0 saturated carbocycles. The van der Waals surface area contributed by atoms with Crippen LogP contribution >= 0.6 is 11.6 Å². The van der Waals surface area contributed by atoms with Gasteiger partial charge in [0.25, 0.3) is 0 Å². The molecular weight excluding hydrogens is 250 g/mol. The van der Waals surface area contributed by atoms with Crippen molar-refractivity contribution in [2.75, 3.05) is 20.2 Å². The topological polar surface area (TPSA) is 41.5 Å². The molecule has 0 aliphatic carbocycles. The molecule has 0 heterocycles. The van der Waals surface area contributed by atoms with Crippen molar-refractivity contribution in [3.05, 3.63) is 28.8 Å². The number of methoxy groups -OCH3 is 1. The molecule has 0 bridgehead atoms. The van der Waals surface area contributed by atoms with Crippen LogP contribution in [0.5, 0.6) is 5.75 Å². The third kappa shape index (κ3) is 4.16. The molecule has 1 unspecified atom stereocenters. The lowest BCUT2D eigenvalue weighted by atomic mass is 9.95. The van der Waals surface area contributed by atoms with Gasteiger partial charge in [0, 0.05) is 6.54 Å². The summed E-state index contributed by atoms with van der Waals surface area (Å²) in [5.41, 5.74) is -0.146. The first-order valence-corrected chi connectivity index (χ1v) is 6.51. The number of rotatable bonds is 6. The molecule has 1 rings (SSSR count). The fourth-order valence-electron chi connectivity index (χ4n) is 1.70. The maximum atomic E-state index is 10.4. The molecule has 0 aromatic heterocycles. The number of halogens is 1. The Balaban J connectivity index is 2.77. The number of benzene rings is 1. The molecule has 0 saturated heterocycles. The maximum absolute atomic E-state index is 10.4. The van der Waals surface area contributed by atoms with E-state index in [4.69, 9.17) is 16.3 Å². The van der Waals surface area contributed by atoms with Crippen LogP contribution in [0.2, 0.25) is 5.02 Å². The average molecular weight is 272 g/mol. The summed E-state index contributed by atoms with van der Waals surface area (Å²) in [4.78, 5) is 0. The second-order valence-electron chi connectivity index (χ2n) is 5.15. The van der Waals surface area contributed by atoms with E-state index in [9.17, 15) is 5.11 Å². The average Bonchev–Trinajstić information content (AvgIpc) is 2.28. The SMILES string of the molecule is COc1cc(C(C)(O)CNCC(C)C)ccc1Cl. The Morgan fingerprint density at radius 3 is 2.67 bits per heavy atom. The zero-order valence-corrected chi connectivity index (χ0v) is 12.2. The van der Waals surface area contributed by atoms with Crippen molar-refractivity contribution in [2.24, 2.45) is 5.92 Å². The number of hydrogen-bond acceptors (Lipinski definition) is 3. The van der Waals surface area contributed by atoms with Gasteiger partial charge in [0.2, 0.25) is 0 Å². The first-order valence-electron chi connectivity index (χ1n) is 6.14. The lowest BCUT2D eigenvalue weighted by molar-refractivity contribution is 0.0562. The molecule has 4 heteroatoms. The molecule has 102 valence electrons. The molecule has 0 amide bonds. The molecule has 1 aromatic carbocycles. The summed E-state index contributed by atoms with van der Waals surface area (Å²) < 4.78 is 5.16. The Kier molecular flexibility index (Phi) is 5.45. The Hall–Kier alpha value is -0.770. The van der Waals surface area contributed by atoms with E-state index in [2.05, 4.69) is 19.2 Å². The quantitative estimate of drug-likeness (QED) is 0.836. The molecule has 18 heavy (non-hydrogen) atoms. The van der Waals surface area contributed by atoms with Crippen LogP contribution in [0.1, 0.15) is 26.3 Å². The highest BCUT2D eigenvalue weighted by Crippen LogP contribution is 2.30. The molecule has 1 aromatic rings. The highest BCUT2D eigenvalue weighted by Gasteiger charge is 2.23. The van der Waals surface area contributed by atoms with E-state index in [1.54, 1.807) is 26.2 Å². The van der Waals surface area contributed by atoms with Gasteiger partial charge in [0.1, 0.15) is 5.75 Å². The monoisotopic (exact) mass is 271 g/mol. The second kappa shape index (κ2) is 6.41. The van der Waals surface area contributed by atoms with Crippen LogP contribution in [0.3, 0.4) is 0 Å². The van der Waals surface area contributed by atoms with Crippen LogP contribution in [0.25, 0.3) is 0 Å². The summed E-state index contributed by atoms with van der Waals surface area (Å²) in [6, 6.07) is 5.34. The highest BCUT2D eigenvalue weighted by molar-refractivity contribution is 6.32. The minimum absolute atomic E-state index is 0.496. The van der Waals surface area contributed by atoms with Crippen LogP contribution < -0.4 is 10.1 Å². The number of hydrogen-bond donors (Lipinski definition) is 2. The molecule has 0 fully saturated rings. The van der Waals surface area contributed by atoms with Crippen molar-refractivity contribution in [1.29, 1.82) is 0 Å². The second-order valence-corrected chi connectivity index (χ2v) is 5.56. The zero-order chi connectivity index (χ0) is 13.8. The first-order chi connectivity index (χ1) is 8.36. The summed E-state index contributed by atoms with van der Waals surface area (Å²) in [7, 11) is 1.57. The number of ether oxygens (including phenoxy) is 1. The lowest BCUT2D eigenvalue weighted by Gasteiger charge is -2.25. The van der Waals surface area contributed by atoms with E-state index in [1.807, 2.05) is 6.07 Å². The van der Waals surface area contributed by atoms with Gasteiger partial charge >= 0.3 is 0 Å². The van der Waals surface area contributed by atoms with E-state index in [0.29, 0.717) is 23.2 Å². The van der Waals surface area contributed by atoms with Gasteiger partial charge in [-0.2, -0.15) is 0 Å². The highest BCUT2D eigenvalue weighted by atomic mass is 35.5. The zero-order valence-electron chi connectivity index (χ0n) is 11.5. The predicted molar refractivity (Wildman–Crippen MR) is 75.3 cm³/mol.